The summed E-state index contributed by atoms with van der Waals surface area (Å²) in [6, 6.07) is 22.3. The van der Waals surface area contributed by atoms with Gasteiger partial charge in [-0.05, 0) is 66.9 Å². The maximum atomic E-state index is 12.9. The zero-order valence-corrected chi connectivity index (χ0v) is 16.8. The average Bonchev–Trinajstić information content (AvgIpc) is 2.73. The Bertz CT molecular complexity index is 1030. The number of hydrogen-bond donors (Lipinski definition) is 1. The molecule has 140 valence electrons. The molecule has 1 aliphatic heterocycles. The molecule has 4 rings (SSSR count). The molecule has 0 radical (unpaired) electrons. The number of hydrogen-bond acceptors (Lipinski definition) is 2. The lowest BCUT2D eigenvalue weighted by molar-refractivity contribution is 0.0984. The van der Waals surface area contributed by atoms with Crippen molar-refractivity contribution in [3.8, 4) is 0 Å². The molecule has 2 amide bonds. The topological polar surface area (TPSA) is 49.4 Å². The van der Waals surface area contributed by atoms with Gasteiger partial charge in [0.25, 0.3) is 11.8 Å². The van der Waals surface area contributed by atoms with Crippen LogP contribution in [-0.4, -0.2) is 18.4 Å². The number of carbonyl (C=O) groups excluding carboxylic acids is 2. The van der Waals surface area contributed by atoms with Crippen molar-refractivity contribution in [2.24, 2.45) is 0 Å². The van der Waals surface area contributed by atoms with E-state index in [2.05, 4.69) is 21.2 Å². The van der Waals surface area contributed by atoms with E-state index in [9.17, 15) is 9.59 Å². The van der Waals surface area contributed by atoms with Crippen LogP contribution in [0.25, 0.3) is 0 Å². The highest BCUT2D eigenvalue weighted by Crippen LogP contribution is 2.30. The van der Waals surface area contributed by atoms with Crippen LogP contribution in [0, 0.1) is 0 Å². The summed E-state index contributed by atoms with van der Waals surface area (Å²) in [5.74, 6) is -0.166. The first-order chi connectivity index (χ1) is 13.6. The summed E-state index contributed by atoms with van der Waals surface area (Å²) in [5.41, 5.74) is 3.91. The molecule has 3 aromatic carbocycles. The number of carbonyl (C=O) groups is 2. The largest absolute Gasteiger partial charge is 0.322 e. The third-order valence-corrected chi connectivity index (χ3v) is 5.30. The van der Waals surface area contributed by atoms with Gasteiger partial charge in [0.1, 0.15) is 0 Å². The van der Waals surface area contributed by atoms with E-state index in [0.717, 1.165) is 34.3 Å². The van der Waals surface area contributed by atoms with Crippen molar-refractivity contribution in [3.63, 3.8) is 0 Å². The van der Waals surface area contributed by atoms with Crippen LogP contribution in [0.15, 0.2) is 77.3 Å². The molecule has 0 saturated heterocycles. The van der Waals surface area contributed by atoms with Crippen LogP contribution < -0.4 is 10.2 Å². The van der Waals surface area contributed by atoms with Gasteiger partial charge < -0.3 is 10.2 Å². The first-order valence-electron chi connectivity index (χ1n) is 9.18. The highest BCUT2D eigenvalue weighted by molar-refractivity contribution is 9.10. The number of benzene rings is 3. The summed E-state index contributed by atoms with van der Waals surface area (Å²) in [4.78, 5) is 27.3. The quantitative estimate of drug-likeness (QED) is 0.608. The van der Waals surface area contributed by atoms with Gasteiger partial charge in [-0.15, -0.1) is 0 Å². The molecule has 0 aliphatic carbocycles. The predicted molar refractivity (Wildman–Crippen MR) is 115 cm³/mol. The summed E-state index contributed by atoms with van der Waals surface area (Å²) in [6.07, 6.45) is 1.73. The highest BCUT2D eigenvalue weighted by atomic mass is 79.9. The van der Waals surface area contributed by atoms with Gasteiger partial charge in [-0.25, -0.2) is 0 Å². The Morgan fingerprint density at radius 2 is 1.71 bits per heavy atom. The van der Waals surface area contributed by atoms with E-state index in [4.69, 9.17) is 0 Å². The molecule has 0 aromatic heterocycles. The molecule has 28 heavy (non-hydrogen) atoms. The van der Waals surface area contributed by atoms with Crippen LogP contribution in [0.1, 0.15) is 32.7 Å². The Morgan fingerprint density at radius 1 is 0.893 bits per heavy atom. The monoisotopic (exact) mass is 434 g/mol. The van der Waals surface area contributed by atoms with Gasteiger partial charge in [0, 0.05) is 33.5 Å². The van der Waals surface area contributed by atoms with Crippen LogP contribution in [0.4, 0.5) is 11.4 Å². The summed E-state index contributed by atoms with van der Waals surface area (Å²) >= 11 is 3.41. The number of nitrogens with one attached hydrogen (secondary N) is 1. The number of nitrogens with zero attached hydrogens (tertiary/aromatic N) is 1. The molecule has 0 saturated carbocycles. The number of rotatable bonds is 3. The Hall–Kier alpha value is -2.92. The van der Waals surface area contributed by atoms with Gasteiger partial charge in [0.15, 0.2) is 0 Å². The molecule has 1 N–H and O–H groups in total. The minimum absolute atomic E-state index is 0.00659. The normalized spacial score (nSPS) is 13.0. The number of halogens is 1. The molecular weight excluding hydrogens is 416 g/mol. The van der Waals surface area contributed by atoms with Gasteiger partial charge in [-0.3, -0.25) is 9.59 Å². The third kappa shape index (κ3) is 3.85. The van der Waals surface area contributed by atoms with Crippen LogP contribution in [0.5, 0.6) is 0 Å². The van der Waals surface area contributed by atoms with Crippen LogP contribution in [0.2, 0.25) is 0 Å². The molecular formula is C23H19BrN2O2. The number of fused-ring (bicyclic) bond motifs is 1. The molecule has 0 fully saturated rings. The minimum Gasteiger partial charge on any atom is -0.322 e. The Labute approximate surface area is 172 Å². The molecule has 3 aromatic rings. The predicted octanol–water partition coefficient (Wildman–Crippen LogP) is 5.29. The van der Waals surface area contributed by atoms with Crippen molar-refractivity contribution in [2.75, 3.05) is 16.8 Å². The fourth-order valence-corrected chi connectivity index (χ4v) is 3.85. The molecule has 5 heteroatoms. The SMILES string of the molecule is O=C(Nc1cccc(Br)c1)c1ccc2c(c1)CCCN2C(=O)c1ccccc1. The van der Waals surface area contributed by atoms with Crippen LogP contribution in [0.3, 0.4) is 0 Å². The van der Waals surface area contributed by atoms with Crippen molar-refractivity contribution in [1.29, 1.82) is 0 Å². The standard InChI is InChI=1S/C23H19BrN2O2/c24-19-9-4-10-20(15-19)25-22(27)18-11-12-21-17(14-18)8-5-13-26(21)23(28)16-6-2-1-3-7-16/h1-4,6-7,9-12,14-15H,5,8,13H2,(H,25,27). The average molecular weight is 435 g/mol. The molecule has 0 spiro atoms. The van der Waals surface area contributed by atoms with Crippen molar-refractivity contribution in [2.45, 2.75) is 12.8 Å². The molecule has 1 aliphatic rings. The molecule has 1 heterocycles. The summed E-state index contributed by atoms with van der Waals surface area (Å²) in [6.45, 7) is 0.685. The zero-order chi connectivity index (χ0) is 19.5. The highest BCUT2D eigenvalue weighted by Gasteiger charge is 2.24. The number of amides is 2. The first kappa shape index (κ1) is 18.4. The number of anilines is 2. The fraction of sp³-hybridized carbons (Fsp3) is 0.130. The minimum atomic E-state index is -0.160. The van der Waals surface area contributed by atoms with Crippen molar-refractivity contribution < 1.29 is 9.59 Å². The second kappa shape index (κ2) is 7.98. The molecule has 0 unspecified atom stereocenters. The van der Waals surface area contributed by atoms with Crippen LogP contribution in [-0.2, 0) is 6.42 Å². The Balaban J connectivity index is 1.58. The van der Waals surface area contributed by atoms with E-state index in [0.29, 0.717) is 17.7 Å². The lowest BCUT2D eigenvalue weighted by atomic mass is 9.98. The fourth-order valence-electron chi connectivity index (χ4n) is 3.46. The van der Waals surface area contributed by atoms with E-state index >= 15 is 0 Å². The van der Waals surface area contributed by atoms with Gasteiger partial charge >= 0.3 is 0 Å². The smallest absolute Gasteiger partial charge is 0.258 e. The second-order valence-corrected chi connectivity index (χ2v) is 7.65. The number of aryl methyl sites for hydroxylation is 1. The van der Waals surface area contributed by atoms with E-state index in [1.165, 1.54) is 0 Å². The Morgan fingerprint density at radius 3 is 2.50 bits per heavy atom. The van der Waals surface area contributed by atoms with Gasteiger partial charge in [-0.1, -0.05) is 40.2 Å². The maximum absolute atomic E-state index is 12.9. The van der Waals surface area contributed by atoms with E-state index in [-0.39, 0.29) is 11.8 Å². The van der Waals surface area contributed by atoms with Gasteiger partial charge in [0.2, 0.25) is 0 Å². The summed E-state index contributed by atoms with van der Waals surface area (Å²) in [7, 11) is 0. The molecule has 0 bridgehead atoms. The van der Waals surface area contributed by atoms with E-state index in [1.54, 1.807) is 6.07 Å². The molecule has 4 nitrogen and oxygen atoms in total. The Kier molecular flexibility index (Phi) is 5.26. The van der Waals surface area contributed by atoms with Crippen molar-refractivity contribution in [3.05, 3.63) is 94.0 Å². The first-order valence-corrected chi connectivity index (χ1v) is 9.98. The van der Waals surface area contributed by atoms with Gasteiger partial charge in [-0.2, -0.15) is 0 Å². The molecule has 0 atom stereocenters. The summed E-state index contributed by atoms with van der Waals surface area (Å²) in [5, 5.41) is 2.92. The lowest BCUT2D eigenvalue weighted by Crippen LogP contribution is -2.35. The lowest BCUT2D eigenvalue weighted by Gasteiger charge is -2.30. The van der Waals surface area contributed by atoms with Gasteiger partial charge in [0.05, 0.1) is 0 Å². The summed E-state index contributed by atoms with van der Waals surface area (Å²) < 4.78 is 0.908. The van der Waals surface area contributed by atoms with E-state index in [1.807, 2.05) is 71.6 Å². The third-order valence-electron chi connectivity index (χ3n) is 4.81. The van der Waals surface area contributed by atoms with Crippen LogP contribution >= 0.6 is 15.9 Å². The van der Waals surface area contributed by atoms with Crippen molar-refractivity contribution in [1.82, 2.24) is 0 Å². The second-order valence-electron chi connectivity index (χ2n) is 6.73. The van der Waals surface area contributed by atoms with Crippen molar-refractivity contribution >= 4 is 39.1 Å². The van der Waals surface area contributed by atoms with E-state index < -0.39 is 0 Å². The maximum Gasteiger partial charge on any atom is 0.258 e. The zero-order valence-electron chi connectivity index (χ0n) is 15.2.